The molecule has 0 saturated carbocycles. The number of nitrogens with zero attached hydrogens (tertiary/aromatic N) is 2. The maximum absolute atomic E-state index is 12.8. The lowest BCUT2D eigenvalue weighted by molar-refractivity contribution is -0.150. The van der Waals surface area contributed by atoms with Gasteiger partial charge in [-0.25, -0.2) is 0 Å². The van der Waals surface area contributed by atoms with Crippen LogP contribution in [-0.4, -0.2) is 49.1 Å². The highest BCUT2D eigenvalue weighted by atomic mass is 16.5. The van der Waals surface area contributed by atoms with E-state index < -0.39 is 5.92 Å². The lowest BCUT2D eigenvalue weighted by Crippen LogP contribution is -2.45. The van der Waals surface area contributed by atoms with Crippen molar-refractivity contribution in [3.8, 4) is 23.3 Å². The molecule has 3 rings (SSSR count). The predicted molar refractivity (Wildman–Crippen MR) is 87.5 cm³/mol. The van der Waals surface area contributed by atoms with Crippen molar-refractivity contribution in [2.24, 2.45) is 0 Å². The van der Waals surface area contributed by atoms with Gasteiger partial charge in [-0.05, 0) is 31.9 Å². The van der Waals surface area contributed by atoms with Crippen molar-refractivity contribution in [3.05, 3.63) is 23.3 Å². The summed E-state index contributed by atoms with van der Waals surface area (Å²) in [5.74, 6) is 5.30. The fourth-order valence-corrected chi connectivity index (χ4v) is 3.31. The minimum absolute atomic E-state index is 0.217. The van der Waals surface area contributed by atoms with E-state index in [1.807, 2.05) is 0 Å². The van der Waals surface area contributed by atoms with Crippen LogP contribution in [0.2, 0.25) is 0 Å². The number of hydrogen-bond donors (Lipinski definition) is 0. The highest BCUT2D eigenvalue weighted by Crippen LogP contribution is 2.42. The molecule has 0 unspecified atom stereocenters. The number of amides is 2. The van der Waals surface area contributed by atoms with Gasteiger partial charge in [-0.1, -0.05) is 5.92 Å². The Hall–Kier alpha value is -2.68. The van der Waals surface area contributed by atoms with E-state index in [4.69, 9.17) is 9.47 Å². The first-order chi connectivity index (χ1) is 11.6. The fraction of sp³-hybridized carbons (Fsp3) is 0.444. The second-order valence-corrected chi connectivity index (χ2v) is 5.73. The quantitative estimate of drug-likeness (QED) is 0.624. The molecule has 126 valence electrons. The van der Waals surface area contributed by atoms with Gasteiger partial charge in [-0.3, -0.25) is 19.6 Å². The standard InChI is InChI=1S/C18H20N2O4/c1-4-7-12-10-13(23-2)15(14(11-12)24-3)16-17(21)19-8-5-6-9-20(19)18(16)22/h10-11,16H,5-6,8-9H2,1-3H3. The molecule has 2 fully saturated rings. The Labute approximate surface area is 141 Å². The molecule has 0 aliphatic carbocycles. The first-order valence-corrected chi connectivity index (χ1v) is 7.93. The number of carbonyl (C=O) groups excluding carboxylic acids is 2. The Balaban J connectivity index is 2.12. The topological polar surface area (TPSA) is 59.1 Å². The molecule has 1 aromatic carbocycles. The summed E-state index contributed by atoms with van der Waals surface area (Å²) in [6.45, 7) is 2.89. The molecule has 0 aromatic heterocycles. The molecule has 2 heterocycles. The average molecular weight is 328 g/mol. The van der Waals surface area contributed by atoms with E-state index in [-0.39, 0.29) is 11.8 Å². The van der Waals surface area contributed by atoms with Crippen LogP contribution in [0.3, 0.4) is 0 Å². The minimum Gasteiger partial charge on any atom is -0.496 e. The first kappa shape index (κ1) is 16.2. The zero-order chi connectivity index (χ0) is 17.3. The van der Waals surface area contributed by atoms with Crippen LogP contribution >= 0.6 is 0 Å². The van der Waals surface area contributed by atoms with Crippen LogP contribution in [0, 0.1) is 11.8 Å². The Morgan fingerprint density at radius 1 is 1.00 bits per heavy atom. The van der Waals surface area contributed by atoms with Gasteiger partial charge >= 0.3 is 0 Å². The van der Waals surface area contributed by atoms with Crippen molar-refractivity contribution in [2.75, 3.05) is 27.3 Å². The summed E-state index contributed by atoms with van der Waals surface area (Å²) in [7, 11) is 3.03. The number of rotatable bonds is 3. The van der Waals surface area contributed by atoms with Gasteiger partial charge in [0.15, 0.2) is 5.92 Å². The smallest absolute Gasteiger partial charge is 0.258 e. The molecular formula is C18H20N2O4. The summed E-state index contributed by atoms with van der Waals surface area (Å²) in [6, 6.07) is 3.48. The van der Waals surface area contributed by atoms with Crippen molar-refractivity contribution in [1.82, 2.24) is 10.0 Å². The Morgan fingerprint density at radius 2 is 1.50 bits per heavy atom. The molecule has 24 heavy (non-hydrogen) atoms. The van der Waals surface area contributed by atoms with E-state index in [1.54, 1.807) is 29.1 Å². The van der Waals surface area contributed by atoms with Crippen LogP contribution in [0.5, 0.6) is 11.5 Å². The van der Waals surface area contributed by atoms with E-state index in [0.29, 0.717) is 35.7 Å². The van der Waals surface area contributed by atoms with E-state index in [9.17, 15) is 9.59 Å². The molecule has 0 spiro atoms. The molecule has 0 atom stereocenters. The number of benzene rings is 1. The van der Waals surface area contributed by atoms with E-state index in [1.165, 1.54) is 14.2 Å². The Kier molecular flexibility index (Phi) is 4.34. The van der Waals surface area contributed by atoms with Crippen molar-refractivity contribution in [3.63, 3.8) is 0 Å². The lowest BCUT2D eigenvalue weighted by atomic mass is 9.94. The zero-order valence-corrected chi connectivity index (χ0v) is 14.1. The molecule has 2 saturated heterocycles. The predicted octanol–water partition coefficient (Wildman–Crippen LogP) is 1.54. The van der Waals surface area contributed by atoms with E-state index in [2.05, 4.69) is 11.8 Å². The van der Waals surface area contributed by atoms with Gasteiger partial charge < -0.3 is 9.47 Å². The first-order valence-electron chi connectivity index (χ1n) is 7.93. The molecule has 6 nitrogen and oxygen atoms in total. The monoisotopic (exact) mass is 328 g/mol. The average Bonchev–Trinajstić information content (AvgIpc) is 2.86. The molecule has 0 N–H and O–H groups in total. The van der Waals surface area contributed by atoms with E-state index >= 15 is 0 Å². The lowest BCUT2D eigenvalue weighted by Gasteiger charge is -2.31. The molecule has 2 aliphatic heterocycles. The second kappa shape index (κ2) is 6.44. The number of carbonyl (C=O) groups is 2. The molecule has 2 amide bonds. The number of ether oxygens (including phenoxy) is 2. The van der Waals surface area contributed by atoms with Gasteiger partial charge in [0.25, 0.3) is 11.8 Å². The summed E-state index contributed by atoms with van der Waals surface area (Å²) in [5.41, 5.74) is 1.19. The number of methoxy groups -OCH3 is 2. The van der Waals surface area contributed by atoms with Gasteiger partial charge in [0.05, 0.1) is 19.8 Å². The summed E-state index contributed by atoms with van der Waals surface area (Å²) in [6.07, 6.45) is 1.81. The SMILES string of the molecule is CC#Cc1cc(OC)c(C2C(=O)N3CCCCN3C2=O)c(OC)c1. The summed E-state index contributed by atoms with van der Waals surface area (Å²) in [5, 5.41) is 3.10. The normalized spacial score (nSPS) is 17.5. The zero-order valence-electron chi connectivity index (χ0n) is 14.1. The fourth-order valence-electron chi connectivity index (χ4n) is 3.31. The Morgan fingerprint density at radius 3 is 1.92 bits per heavy atom. The van der Waals surface area contributed by atoms with Crippen LogP contribution < -0.4 is 9.47 Å². The summed E-state index contributed by atoms with van der Waals surface area (Å²) >= 11 is 0. The molecular weight excluding hydrogens is 308 g/mol. The summed E-state index contributed by atoms with van der Waals surface area (Å²) in [4.78, 5) is 25.6. The van der Waals surface area contributed by atoms with Crippen LogP contribution in [0.25, 0.3) is 0 Å². The van der Waals surface area contributed by atoms with Crippen molar-refractivity contribution < 1.29 is 19.1 Å². The molecule has 0 bridgehead atoms. The molecule has 1 aromatic rings. The van der Waals surface area contributed by atoms with Gasteiger partial charge in [-0.2, -0.15) is 0 Å². The number of hydrogen-bond acceptors (Lipinski definition) is 4. The highest BCUT2D eigenvalue weighted by Gasteiger charge is 2.49. The maximum Gasteiger partial charge on any atom is 0.258 e. The van der Waals surface area contributed by atoms with Gasteiger partial charge in [0, 0.05) is 18.7 Å². The third-order valence-corrected chi connectivity index (χ3v) is 4.39. The van der Waals surface area contributed by atoms with Crippen LogP contribution in [0.1, 0.15) is 36.8 Å². The maximum atomic E-state index is 12.8. The van der Waals surface area contributed by atoms with Gasteiger partial charge in [0.2, 0.25) is 0 Å². The molecule has 2 aliphatic rings. The van der Waals surface area contributed by atoms with Crippen LogP contribution in [-0.2, 0) is 9.59 Å². The van der Waals surface area contributed by atoms with Gasteiger partial charge in [-0.15, -0.1) is 5.92 Å². The second-order valence-electron chi connectivity index (χ2n) is 5.73. The third-order valence-electron chi connectivity index (χ3n) is 4.39. The third kappa shape index (κ3) is 2.46. The van der Waals surface area contributed by atoms with Crippen LogP contribution in [0.15, 0.2) is 12.1 Å². The number of fused-ring (bicyclic) bond motifs is 1. The molecule has 6 heteroatoms. The minimum atomic E-state index is -0.920. The van der Waals surface area contributed by atoms with Crippen molar-refractivity contribution in [2.45, 2.75) is 25.7 Å². The summed E-state index contributed by atoms with van der Waals surface area (Å²) < 4.78 is 10.9. The largest absolute Gasteiger partial charge is 0.496 e. The van der Waals surface area contributed by atoms with E-state index in [0.717, 1.165) is 12.8 Å². The van der Waals surface area contributed by atoms with Crippen molar-refractivity contribution >= 4 is 11.8 Å². The Bertz CT molecular complexity index is 698. The van der Waals surface area contributed by atoms with Gasteiger partial charge in [0.1, 0.15) is 11.5 Å². The highest BCUT2D eigenvalue weighted by molar-refractivity contribution is 6.11. The van der Waals surface area contributed by atoms with Crippen molar-refractivity contribution in [1.29, 1.82) is 0 Å². The van der Waals surface area contributed by atoms with Crippen LogP contribution in [0.4, 0.5) is 0 Å². The number of hydrazine groups is 1. The molecule has 0 radical (unpaired) electrons.